The number of carbonyl (C=O) groups is 1. The van der Waals surface area contributed by atoms with Crippen LogP contribution in [-0.4, -0.2) is 62.7 Å². The number of ether oxygens (including phenoxy) is 1. The van der Waals surface area contributed by atoms with Crippen LogP contribution >= 0.6 is 11.3 Å². The number of rotatable bonds is 7. The van der Waals surface area contributed by atoms with Gasteiger partial charge in [-0.25, -0.2) is 4.98 Å². The number of thiophene rings is 1. The van der Waals surface area contributed by atoms with Crippen LogP contribution < -0.4 is 15.0 Å². The number of nitrogens with zero attached hydrogens (tertiary/aromatic N) is 3. The molecule has 0 saturated carbocycles. The van der Waals surface area contributed by atoms with E-state index in [0.29, 0.717) is 12.1 Å². The molecule has 2 aromatic heterocycles. The van der Waals surface area contributed by atoms with Crippen LogP contribution in [0.3, 0.4) is 0 Å². The fourth-order valence-corrected chi connectivity index (χ4v) is 4.35. The van der Waals surface area contributed by atoms with E-state index in [0.717, 1.165) is 60.3 Å². The van der Waals surface area contributed by atoms with Crippen molar-refractivity contribution in [3.63, 3.8) is 0 Å². The highest BCUT2D eigenvalue weighted by Crippen LogP contribution is 2.28. The zero-order chi connectivity index (χ0) is 21.6. The van der Waals surface area contributed by atoms with Crippen LogP contribution in [0, 0.1) is 0 Å². The Kier molecular flexibility index (Phi) is 6.84. The van der Waals surface area contributed by atoms with Crippen LogP contribution in [-0.2, 0) is 6.42 Å². The van der Waals surface area contributed by atoms with E-state index in [2.05, 4.69) is 28.2 Å². The number of hydrogen-bond acceptors (Lipinski definition) is 6. The van der Waals surface area contributed by atoms with Crippen molar-refractivity contribution in [3.8, 4) is 16.3 Å². The second-order valence-electron chi connectivity index (χ2n) is 7.69. The largest absolute Gasteiger partial charge is 0.497 e. The first-order valence-electron chi connectivity index (χ1n) is 10.5. The Morgan fingerprint density at radius 1 is 1.10 bits per heavy atom. The van der Waals surface area contributed by atoms with Gasteiger partial charge < -0.3 is 19.9 Å². The second kappa shape index (κ2) is 9.94. The third-order valence-corrected chi connectivity index (χ3v) is 6.45. The topological polar surface area (TPSA) is 57.7 Å². The second-order valence-corrected chi connectivity index (χ2v) is 8.64. The van der Waals surface area contributed by atoms with Crippen LogP contribution in [0.25, 0.3) is 10.6 Å². The van der Waals surface area contributed by atoms with Crippen molar-refractivity contribution in [2.24, 2.45) is 0 Å². The first-order valence-corrected chi connectivity index (χ1v) is 11.4. The number of benzene rings is 1. The van der Waals surface area contributed by atoms with E-state index in [4.69, 9.17) is 9.72 Å². The van der Waals surface area contributed by atoms with E-state index in [1.165, 1.54) is 0 Å². The van der Waals surface area contributed by atoms with Gasteiger partial charge >= 0.3 is 0 Å². The van der Waals surface area contributed by atoms with E-state index >= 15 is 0 Å². The first kappa shape index (κ1) is 21.3. The summed E-state index contributed by atoms with van der Waals surface area (Å²) in [5, 5.41) is 5.12. The monoisotopic (exact) mass is 436 g/mol. The van der Waals surface area contributed by atoms with Crippen molar-refractivity contribution >= 4 is 23.1 Å². The van der Waals surface area contributed by atoms with Crippen LogP contribution in [0.2, 0.25) is 0 Å². The summed E-state index contributed by atoms with van der Waals surface area (Å²) >= 11 is 1.66. The van der Waals surface area contributed by atoms with E-state index in [9.17, 15) is 4.79 Å². The molecule has 0 aliphatic carbocycles. The number of nitrogens with one attached hydrogen (secondary N) is 1. The van der Waals surface area contributed by atoms with E-state index in [-0.39, 0.29) is 5.91 Å². The Labute approximate surface area is 187 Å². The van der Waals surface area contributed by atoms with Gasteiger partial charge in [-0.3, -0.25) is 4.79 Å². The fourth-order valence-electron chi connectivity index (χ4n) is 3.65. The molecule has 1 fully saturated rings. The molecule has 0 atom stereocenters. The summed E-state index contributed by atoms with van der Waals surface area (Å²) in [5.41, 5.74) is 2.71. The minimum Gasteiger partial charge on any atom is -0.497 e. The molecule has 0 bridgehead atoms. The molecule has 1 aromatic carbocycles. The van der Waals surface area contributed by atoms with Gasteiger partial charge in [0.1, 0.15) is 11.6 Å². The highest BCUT2D eigenvalue weighted by atomic mass is 32.1. The van der Waals surface area contributed by atoms with Gasteiger partial charge in [0.2, 0.25) is 0 Å². The highest BCUT2D eigenvalue weighted by molar-refractivity contribution is 7.13. The predicted octanol–water partition coefficient (Wildman–Crippen LogP) is 3.54. The number of aromatic nitrogens is 1. The molecule has 162 valence electrons. The lowest BCUT2D eigenvalue weighted by Crippen LogP contribution is -2.45. The molecule has 4 rings (SSSR count). The molecular weight excluding hydrogens is 408 g/mol. The molecule has 3 aromatic rings. The molecule has 0 radical (unpaired) electrons. The summed E-state index contributed by atoms with van der Waals surface area (Å²) in [6, 6.07) is 15.9. The number of anilines is 1. The summed E-state index contributed by atoms with van der Waals surface area (Å²) in [5.74, 6) is 1.54. The van der Waals surface area contributed by atoms with E-state index < -0.39 is 0 Å². The number of methoxy groups -OCH3 is 1. The van der Waals surface area contributed by atoms with Crippen molar-refractivity contribution in [1.29, 1.82) is 0 Å². The summed E-state index contributed by atoms with van der Waals surface area (Å²) in [6.07, 6.45) is 0.764. The molecule has 31 heavy (non-hydrogen) atoms. The Balaban J connectivity index is 1.49. The Morgan fingerprint density at radius 2 is 1.87 bits per heavy atom. The number of likely N-dealkylation sites (N-methyl/N-ethyl adjacent to an activating group) is 1. The van der Waals surface area contributed by atoms with E-state index in [1.54, 1.807) is 18.4 Å². The van der Waals surface area contributed by atoms with Gasteiger partial charge in [-0.05, 0) is 54.7 Å². The number of pyridine rings is 1. The zero-order valence-corrected chi connectivity index (χ0v) is 18.8. The van der Waals surface area contributed by atoms with Crippen molar-refractivity contribution in [2.45, 2.75) is 6.42 Å². The van der Waals surface area contributed by atoms with Gasteiger partial charge in [-0.2, -0.15) is 0 Å². The number of piperazine rings is 1. The van der Waals surface area contributed by atoms with Crippen LogP contribution in [0.4, 0.5) is 5.82 Å². The standard InChI is InChI=1S/C24H28N4O2S/c1-27-13-15-28(16-14-27)23-20(9-10-21(26-23)22-4-3-17-31-22)24(29)25-12-11-18-5-7-19(30-2)8-6-18/h3-10,17H,11-16H2,1-2H3,(H,25,29). The molecule has 1 aliphatic rings. The Hall–Kier alpha value is -2.90. The molecule has 3 heterocycles. The fraction of sp³-hybridized carbons (Fsp3) is 0.333. The van der Waals surface area contributed by atoms with Crippen LogP contribution in [0.5, 0.6) is 5.75 Å². The van der Waals surface area contributed by atoms with E-state index in [1.807, 2.05) is 47.8 Å². The minimum atomic E-state index is -0.0762. The summed E-state index contributed by atoms with van der Waals surface area (Å²) in [4.78, 5) is 23.6. The van der Waals surface area contributed by atoms with Crippen molar-refractivity contribution in [3.05, 3.63) is 65.0 Å². The molecule has 1 amide bonds. The van der Waals surface area contributed by atoms with Gasteiger partial charge in [-0.15, -0.1) is 11.3 Å². The average Bonchev–Trinajstić information content (AvgIpc) is 3.35. The Bertz CT molecular complexity index is 997. The smallest absolute Gasteiger partial charge is 0.255 e. The first-order chi connectivity index (χ1) is 15.1. The van der Waals surface area contributed by atoms with Gasteiger partial charge in [0.05, 0.1) is 23.2 Å². The number of carbonyl (C=O) groups excluding carboxylic acids is 1. The summed E-state index contributed by atoms with van der Waals surface area (Å²) in [7, 11) is 3.78. The minimum absolute atomic E-state index is 0.0762. The number of hydrogen-bond donors (Lipinski definition) is 1. The molecule has 1 N–H and O–H groups in total. The summed E-state index contributed by atoms with van der Waals surface area (Å²) < 4.78 is 5.20. The van der Waals surface area contributed by atoms with Crippen LogP contribution in [0.1, 0.15) is 15.9 Å². The lowest BCUT2D eigenvalue weighted by atomic mass is 10.1. The number of amides is 1. The van der Waals surface area contributed by atoms with Crippen molar-refractivity contribution in [1.82, 2.24) is 15.2 Å². The molecule has 0 spiro atoms. The maximum atomic E-state index is 13.1. The third-order valence-electron chi connectivity index (χ3n) is 5.55. The Morgan fingerprint density at radius 3 is 2.55 bits per heavy atom. The molecule has 1 aliphatic heterocycles. The normalized spacial score (nSPS) is 14.5. The predicted molar refractivity (Wildman–Crippen MR) is 126 cm³/mol. The SMILES string of the molecule is COc1ccc(CCNC(=O)c2ccc(-c3cccs3)nc2N2CCN(C)CC2)cc1. The maximum Gasteiger partial charge on any atom is 0.255 e. The van der Waals surface area contributed by atoms with Gasteiger partial charge in [0.15, 0.2) is 0 Å². The zero-order valence-electron chi connectivity index (χ0n) is 18.0. The van der Waals surface area contributed by atoms with Crippen molar-refractivity contribution < 1.29 is 9.53 Å². The highest BCUT2D eigenvalue weighted by Gasteiger charge is 2.22. The summed E-state index contributed by atoms with van der Waals surface area (Å²) in [6.45, 7) is 4.22. The van der Waals surface area contributed by atoms with Crippen molar-refractivity contribution in [2.75, 3.05) is 51.8 Å². The van der Waals surface area contributed by atoms with Gasteiger partial charge in [0, 0.05) is 32.7 Å². The quantitative estimate of drug-likeness (QED) is 0.614. The lowest BCUT2D eigenvalue weighted by Gasteiger charge is -2.34. The molecule has 7 heteroatoms. The molecule has 0 unspecified atom stereocenters. The van der Waals surface area contributed by atoms with Gasteiger partial charge in [-0.1, -0.05) is 18.2 Å². The molecule has 1 saturated heterocycles. The third kappa shape index (κ3) is 5.24. The van der Waals surface area contributed by atoms with Crippen LogP contribution in [0.15, 0.2) is 53.9 Å². The average molecular weight is 437 g/mol. The maximum absolute atomic E-state index is 13.1. The molecular formula is C24H28N4O2S. The molecule has 6 nitrogen and oxygen atoms in total. The lowest BCUT2D eigenvalue weighted by molar-refractivity contribution is 0.0954. The van der Waals surface area contributed by atoms with Gasteiger partial charge in [0.25, 0.3) is 5.91 Å².